The van der Waals surface area contributed by atoms with Crippen LogP contribution in [0.15, 0.2) is 22.7 Å². The predicted molar refractivity (Wildman–Crippen MR) is 54.8 cm³/mol. The zero-order valence-corrected chi connectivity index (χ0v) is 8.76. The van der Waals surface area contributed by atoms with E-state index in [1.807, 2.05) is 24.3 Å². The normalized spacial score (nSPS) is 9.00. The number of nitrogens with zero attached hydrogens (tertiary/aromatic N) is 1. The van der Waals surface area contributed by atoms with Crippen molar-refractivity contribution >= 4 is 21.6 Å². The van der Waals surface area contributed by atoms with Gasteiger partial charge in [-0.3, -0.25) is 0 Å². The van der Waals surface area contributed by atoms with Gasteiger partial charge in [0, 0.05) is 11.8 Å². The lowest BCUT2D eigenvalue weighted by Gasteiger charge is -2.06. The van der Waals surface area contributed by atoms with Crippen LogP contribution in [0.1, 0.15) is 0 Å². The Hall–Kier alpha value is -1.21. The number of ether oxygens (including phenoxy) is 1. The maximum Gasteiger partial charge on any atom is 0.135 e. The van der Waals surface area contributed by atoms with Crippen LogP contribution in [0, 0.1) is 11.3 Å². The first-order valence-electron chi connectivity index (χ1n) is 3.72. The number of halogens is 1. The van der Waals surface area contributed by atoms with Crippen molar-refractivity contribution in [3.05, 3.63) is 22.7 Å². The topological polar surface area (TPSA) is 45.0 Å². The van der Waals surface area contributed by atoms with E-state index in [4.69, 9.17) is 10.00 Å². The molecule has 1 N–H and O–H groups in total. The molecular formula is C9H9BrN2O. The number of benzene rings is 1. The predicted octanol–water partition coefficient (Wildman–Crippen LogP) is 2.39. The second kappa shape index (κ2) is 4.73. The van der Waals surface area contributed by atoms with Gasteiger partial charge in [-0.1, -0.05) is 0 Å². The molecule has 1 aromatic rings. The Labute approximate surface area is 85.4 Å². The van der Waals surface area contributed by atoms with Gasteiger partial charge in [-0.25, -0.2) is 0 Å². The summed E-state index contributed by atoms with van der Waals surface area (Å²) >= 11 is 3.34. The average molecular weight is 241 g/mol. The highest BCUT2D eigenvalue weighted by Crippen LogP contribution is 2.27. The van der Waals surface area contributed by atoms with E-state index in [9.17, 15) is 0 Å². The molecule has 68 valence electrons. The van der Waals surface area contributed by atoms with Gasteiger partial charge in [-0.15, -0.1) is 0 Å². The minimum Gasteiger partial charge on any atom is -0.495 e. The molecule has 0 atom stereocenters. The number of nitriles is 1. The van der Waals surface area contributed by atoms with Gasteiger partial charge in [-0.2, -0.15) is 5.26 Å². The lowest BCUT2D eigenvalue weighted by Crippen LogP contribution is -1.98. The van der Waals surface area contributed by atoms with Gasteiger partial charge in [0.15, 0.2) is 0 Å². The van der Waals surface area contributed by atoms with Crippen LogP contribution in [-0.4, -0.2) is 13.7 Å². The molecule has 0 radical (unpaired) electrons. The number of methoxy groups -OCH3 is 1. The summed E-state index contributed by atoms with van der Waals surface area (Å²) in [5.74, 6) is 0.753. The zero-order chi connectivity index (χ0) is 9.68. The summed E-state index contributed by atoms with van der Waals surface area (Å²) in [7, 11) is 1.61. The molecular weight excluding hydrogens is 232 g/mol. The number of hydrogen-bond donors (Lipinski definition) is 1. The minimum atomic E-state index is 0.296. The Morgan fingerprint density at radius 2 is 2.38 bits per heavy atom. The Balaban J connectivity index is 2.81. The minimum absolute atomic E-state index is 0.296. The molecule has 0 fully saturated rings. The third-order valence-corrected chi connectivity index (χ3v) is 2.18. The van der Waals surface area contributed by atoms with E-state index in [1.54, 1.807) is 7.11 Å². The molecule has 0 saturated heterocycles. The van der Waals surface area contributed by atoms with Gasteiger partial charge in [-0.05, 0) is 28.1 Å². The molecule has 1 rings (SSSR count). The fraction of sp³-hybridized carbons (Fsp3) is 0.222. The summed E-state index contributed by atoms with van der Waals surface area (Å²) in [6.07, 6.45) is 0. The third-order valence-electron chi connectivity index (χ3n) is 1.52. The molecule has 0 aliphatic heterocycles. The fourth-order valence-corrected chi connectivity index (χ4v) is 1.32. The van der Waals surface area contributed by atoms with E-state index >= 15 is 0 Å². The molecule has 0 unspecified atom stereocenters. The number of anilines is 1. The van der Waals surface area contributed by atoms with Crippen LogP contribution < -0.4 is 10.1 Å². The van der Waals surface area contributed by atoms with Gasteiger partial charge < -0.3 is 10.1 Å². The zero-order valence-electron chi connectivity index (χ0n) is 7.17. The van der Waals surface area contributed by atoms with Crippen LogP contribution in [0.5, 0.6) is 5.75 Å². The molecule has 0 heterocycles. The summed E-state index contributed by atoms with van der Waals surface area (Å²) in [6.45, 7) is 0.296. The largest absolute Gasteiger partial charge is 0.495 e. The van der Waals surface area contributed by atoms with Crippen LogP contribution in [0.4, 0.5) is 5.69 Å². The Kier molecular flexibility index (Phi) is 3.59. The van der Waals surface area contributed by atoms with Gasteiger partial charge in [0.2, 0.25) is 0 Å². The number of rotatable bonds is 3. The van der Waals surface area contributed by atoms with Gasteiger partial charge in [0.25, 0.3) is 0 Å². The van der Waals surface area contributed by atoms with Crippen molar-refractivity contribution in [2.24, 2.45) is 0 Å². The molecule has 0 spiro atoms. The van der Waals surface area contributed by atoms with Gasteiger partial charge in [0.1, 0.15) is 12.3 Å². The highest BCUT2D eigenvalue weighted by atomic mass is 79.9. The summed E-state index contributed by atoms with van der Waals surface area (Å²) in [6, 6.07) is 7.59. The van der Waals surface area contributed by atoms with Crippen LogP contribution in [0.3, 0.4) is 0 Å². The lowest BCUT2D eigenvalue weighted by molar-refractivity contribution is 0.412. The molecule has 0 aliphatic rings. The smallest absolute Gasteiger partial charge is 0.135 e. The van der Waals surface area contributed by atoms with Crippen molar-refractivity contribution in [1.29, 1.82) is 5.26 Å². The Morgan fingerprint density at radius 3 is 3.00 bits per heavy atom. The summed E-state index contributed by atoms with van der Waals surface area (Å²) in [4.78, 5) is 0. The van der Waals surface area contributed by atoms with Gasteiger partial charge >= 0.3 is 0 Å². The van der Waals surface area contributed by atoms with Crippen molar-refractivity contribution in [2.45, 2.75) is 0 Å². The van der Waals surface area contributed by atoms with Crippen molar-refractivity contribution in [2.75, 3.05) is 19.0 Å². The standard InChI is InChI=1S/C9H9BrN2O/c1-13-9-6-7(12-5-4-11)2-3-8(9)10/h2-3,6,12H,5H2,1H3. The second-order valence-corrected chi connectivity index (χ2v) is 3.22. The lowest BCUT2D eigenvalue weighted by atomic mass is 10.3. The monoisotopic (exact) mass is 240 g/mol. The van der Waals surface area contributed by atoms with E-state index in [1.165, 1.54) is 0 Å². The fourth-order valence-electron chi connectivity index (χ4n) is 0.911. The Bertz CT molecular complexity index is 333. The maximum absolute atomic E-state index is 8.36. The van der Waals surface area contributed by atoms with Crippen LogP contribution >= 0.6 is 15.9 Å². The third kappa shape index (κ3) is 2.63. The first-order chi connectivity index (χ1) is 6.27. The van der Waals surface area contributed by atoms with E-state index in [0.717, 1.165) is 15.9 Å². The SMILES string of the molecule is COc1cc(NCC#N)ccc1Br. The molecule has 13 heavy (non-hydrogen) atoms. The first-order valence-corrected chi connectivity index (χ1v) is 4.51. The van der Waals surface area contributed by atoms with E-state index in [2.05, 4.69) is 21.2 Å². The van der Waals surface area contributed by atoms with E-state index < -0.39 is 0 Å². The molecule has 0 bridgehead atoms. The highest BCUT2D eigenvalue weighted by Gasteiger charge is 2.00. The van der Waals surface area contributed by atoms with E-state index in [0.29, 0.717) is 6.54 Å². The molecule has 0 amide bonds. The maximum atomic E-state index is 8.36. The molecule has 0 aliphatic carbocycles. The number of hydrogen-bond acceptors (Lipinski definition) is 3. The molecule has 0 aromatic heterocycles. The quantitative estimate of drug-likeness (QED) is 0.826. The molecule has 1 aromatic carbocycles. The Morgan fingerprint density at radius 1 is 1.62 bits per heavy atom. The van der Waals surface area contributed by atoms with Crippen LogP contribution in [-0.2, 0) is 0 Å². The molecule has 0 saturated carbocycles. The van der Waals surface area contributed by atoms with Gasteiger partial charge in [0.05, 0.1) is 17.7 Å². The molecule has 4 heteroatoms. The summed E-state index contributed by atoms with van der Waals surface area (Å²) in [5, 5.41) is 11.3. The number of nitrogens with one attached hydrogen (secondary N) is 1. The average Bonchev–Trinajstić information content (AvgIpc) is 2.16. The van der Waals surface area contributed by atoms with Crippen molar-refractivity contribution in [3.8, 4) is 11.8 Å². The summed E-state index contributed by atoms with van der Waals surface area (Å²) in [5.41, 5.74) is 0.876. The molecule has 3 nitrogen and oxygen atoms in total. The first kappa shape index (κ1) is 9.87. The van der Waals surface area contributed by atoms with E-state index in [-0.39, 0.29) is 0 Å². The highest BCUT2D eigenvalue weighted by molar-refractivity contribution is 9.10. The summed E-state index contributed by atoms with van der Waals surface area (Å²) < 4.78 is 6.00. The second-order valence-electron chi connectivity index (χ2n) is 2.36. The van der Waals surface area contributed by atoms with Crippen molar-refractivity contribution in [3.63, 3.8) is 0 Å². The van der Waals surface area contributed by atoms with Crippen LogP contribution in [0.25, 0.3) is 0 Å². The van der Waals surface area contributed by atoms with Crippen molar-refractivity contribution < 1.29 is 4.74 Å². The van der Waals surface area contributed by atoms with Crippen LogP contribution in [0.2, 0.25) is 0 Å². The van der Waals surface area contributed by atoms with Crippen molar-refractivity contribution in [1.82, 2.24) is 0 Å².